The lowest BCUT2D eigenvalue weighted by Crippen LogP contribution is -2.58. The van der Waals surface area contributed by atoms with E-state index in [9.17, 15) is 9.90 Å². The Morgan fingerprint density at radius 3 is 2.40 bits per heavy atom. The third kappa shape index (κ3) is 2.40. The largest absolute Gasteiger partial charge is 0.479 e. The number of aryl methyl sites for hydroxylation is 1. The average Bonchev–Trinajstić information content (AvgIpc) is 2.44. The van der Waals surface area contributed by atoms with Gasteiger partial charge in [-0.25, -0.2) is 4.79 Å². The maximum absolute atomic E-state index is 12.0. The Hall–Kier alpha value is -1.55. The molecule has 2 N–H and O–H groups in total. The van der Waals surface area contributed by atoms with Crippen molar-refractivity contribution in [1.82, 2.24) is 0 Å². The average molecular weight is 277 g/mol. The molecule has 0 spiro atoms. The van der Waals surface area contributed by atoms with E-state index in [0.717, 1.165) is 11.3 Å². The van der Waals surface area contributed by atoms with E-state index in [1.54, 1.807) is 0 Å². The first-order chi connectivity index (χ1) is 9.08. The van der Waals surface area contributed by atoms with Gasteiger partial charge in [-0.1, -0.05) is 12.1 Å². The predicted molar refractivity (Wildman–Crippen MR) is 79.0 cm³/mol. The number of rotatable bonds is 3. The van der Waals surface area contributed by atoms with Crippen LogP contribution in [-0.4, -0.2) is 27.8 Å². The lowest BCUT2D eigenvalue weighted by molar-refractivity contribution is -0.149. The van der Waals surface area contributed by atoms with Gasteiger partial charge in [0.2, 0.25) is 0 Å². The third-order valence-corrected chi connectivity index (χ3v) is 3.99. The molecule has 1 saturated heterocycles. The third-order valence-electron chi connectivity index (χ3n) is 3.99. The molecule has 0 bridgehead atoms. The number of carboxylic acid groups (broad SMARTS) is 1. The van der Waals surface area contributed by atoms with Crippen LogP contribution in [0.3, 0.4) is 0 Å². The fraction of sp³-hybridized carbons (Fsp3) is 0.562. The van der Waals surface area contributed by atoms with E-state index in [2.05, 4.69) is 5.32 Å². The minimum Gasteiger partial charge on any atom is -0.479 e. The summed E-state index contributed by atoms with van der Waals surface area (Å²) in [6.07, 6.45) is 0.413. The van der Waals surface area contributed by atoms with Crippen molar-refractivity contribution in [3.8, 4) is 0 Å². The number of ether oxygens (including phenoxy) is 1. The maximum atomic E-state index is 12.0. The van der Waals surface area contributed by atoms with Gasteiger partial charge in [0.15, 0.2) is 5.54 Å². The van der Waals surface area contributed by atoms with E-state index in [1.807, 2.05) is 58.9 Å². The SMILES string of the molecule is Cc1cccc(NC2(C(=O)O)CC(C)(C)OC2(C)C)c1. The molecular formula is C16H23NO3. The second-order valence-corrected chi connectivity index (χ2v) is 6.75. The van der Waals surface area contributed by atoms with E-state index in [1.165, 1.54) is 0 Å². The van der Waals surface area contributed by atoms with Crippen LogP contribution in [0.5, 0.6) is 0 Å². The molecule has 1 heterocycles. The van der Waals surface area contributed by atoms with Gasteiger partial charge in [0.05, 0.1) is 11.2 Å². The number of carbonyl (C=O) groups is 1. The lowest BCUT2D eigenvalue weighted by Gasteiger charge is -2.37. The van der Waals surface area contributed by atoms with Crippen molar-refractivity contribution in [2.24, 2.45) is 0 Å². The fourth-order valence-electron chi connectivity index (χ4n) is 3.22. The smallest absolute Gasteiger partial charge is 0.332 e. The number of benzene rings is 1. The van der Waals surface area contributed by atoms with Gasteiger partial charge in [-0.05, 0) is 52.3 Å². The van der Waals surface area contributed by atoms with E-state index in [0.29, 0.717) is 6.42 Å². The molecule has 1 atom stereocenters. The van der Waals surface area contributed by atoms with Crippen LogP contribution in [-0.2, 0) is 9.53 Å². The van der Waals surface area contributed by atoms with Gasteiger partial charge in [0.1, 0.15) is 0 Å². The van der Waals surface area contributed by atoms with Gasteiger partial charge < -0.3 is 15.2 Å². The Bertz CT molecular complexity index is 536. The van der Waals surface area contributed by atoms with Gasteiger partial charge in [-0.3, -0.25) is 0 Å². The van der Waals surface area contributed by atoms with Crippen LogP contribution in [0.1, 0.15) is 39.7 Å². The van der Waals surface area contributed by atoms with Gasteiger partial charge in [0.25, 0.3) is 0 Å². The zero-order chi connectivity index (χ0) is 15.2. The summed E-state index contributed by atoms with van der Waals surface area (Å²) < 4.78 is 5.97. The number of hydrogen-bond donors (Lipinski definition) is 2. The molecule has 0 radical (unpaired) electrons. The van der Waals surface area contributed by atoms with Crippen molar-refractivity contribution in [1.29, 1.82) is 0 Å². The first-order valence-corrected chi connectivity index (χ1v) is 6.86. The van der Waals surface area contributed by atoms with Crippen molar-refractivity contribution in [3.05, 3.63) is 29.8 Å². The highest BCUT2D eigenvalue weighted by atomic mass is 16.5. The molecule has 4 heteroatoms. The molecule has 1 aliphatic heterocycles. The van der Waals surface area contributed by atoms with Crippen LogP contribution in [0, 0.1) is 6.92 Å². The van der Waals surface area contributed by atoms with Crippen molar-refractivity contribution < 1.29 is 14.6 Å². The molecule has 0 aromatic heterocycles. The van der Waals surface area contributed by atoms with E-state index < -0.39 is 22.7 Å². The highest BCUT2D eigenvalue weighted by Gasteiger charge is 2.62. The number of anilines is 1. The van der Waals surface area contributed by atoms with Crippen LogP contribution in [0.15, 0.2) is 24.3 Å². The zero-order valence-electron chi connectivity index (χ0n) is 12.8. The van der Waals surface area contributed by atoms with E-state index >= 15 is 0 Å². The van der Waals surface area contributed by atoms with Crippen molar-refractivity contribution >= 4 is 11.7 Å². The van der Waals surface area contributed by atoms with Crippen LogP contribution in [0.2, 0.25) is 0 Å². The summed E-state index contributed by atoms with van der Waals surface area (Å²) in [5.74, 6) is -0.880. The second-order valence-electron chi connectivity index (χ2n) is 6.75. The molecule has 110 valence electrons. The normalized spacial score (nSPS) is 27.2. The molecule has 2 rings (SSSR count). The summed E-state index contributed by atoms with van der Waals surface area (Å²) in [5, 5.41) is 13.0. The Kier molecular flexibility index (Phi) is 3.33. The molecule has 1 fully saturated rings. The summed E-state index contributed by atoms with van der Waals surface area (Å²) in [6, 6.07) is 7.74. The molecule has 1 aromatic rings. The van der Waals surface area contributed by atoms with Gasteiger partial charge >= 0.3 is 5.97 Å². The zero-order valence-corrected chi connectivity index (χ0v) is 12.8. The van der Waals surface area contributed by atoms with Gasteiger partial charge in [-0.15, -0.1) is 0 Å². The monoisotopic (exact) mass is 277 g/mol. The molecule has 0 amide bonds. The Morgan fingerprint density at radius 2 is 1.95 bits per heavy atom. The number of hydrogen-bond acceptors (Lipinski definition) is 3. The van der Waals surface area contributed by atoms with Crippen LogP contribution in [0.25, 0.3) is 0 Å². The number of carboxylic acids is 1. The maximum Gasteiger partial charge on any atom is 0.332 e. The first-order valence-electron chi connectivity index (χ1n) is 6.86. The van der Waals surface area contributed by atoms with Gasteiger partial charge in [0, 0.05) is 12.1 Å². The summed E-state index contributed by atoms with van der Waals surface area (Å²) in [5.41, 5.74) is -0.511. The topological polar surface area (TPSA) is 58.6 Å². The standard InChI is InChI=1S/C16H23NO3/c1-11-7-6-8-12(9-11)17-16(13(18)19)10-14(2,3)20-15(16,4)5/h6-9,17H,10H2,1-5H3,(H,18,19). The Morgan fingerprint density at radius 1 is 1.30 bits per heavy atom. The van der Waals surface area contributed by atoms with E-state index in [-0.39, 0.29) is 0 Å². The molecule has 0 saturated carbocycles. The molecule has 20 heavy (non-hydrogen) atoms. The quantitative estimate of drug-likeness (QED) is 0.890. The summed E-state index contributed by atoms with van der Waals surface area (Å²) in [7, 11) is 0. The number of nitrogens with one attached hydrogen (secondary N) is 1. The minimum atomic E-state index is -1.13. The van der Waals surface area contributed by atoms with Crippen LogP contribution >= 0.6 is 0 Å². The van der Waals surface area contributed by atoms with Crippen molar-refractivity contribution in [3.63, 3.8) is 0 Å². The minimum absolute atomic E-state index is 0.413. The van der Waals surface area contributed by atoms with Crippen molar-refractivity contribution in [2.75, 3.05) is 5.32 Å². The molecule has 1 aromatic carbocycles. The van der Waals surface area contributed by atoms with Crippen molar-refractivity contribution in [2.45, 2.75) is 57.8 Å². The number of aliphatic carboxylic acids is 1. The Labute approximate surface area is 120 Å². The highest BCUT2D eigenvalue weighted by Crippen LogP contribution is 2.47. The summed E-state index contributed by atoms with van der Waals surface area (Å²) in [4.78, 5) is 12.0. The summed E-state index contributed by atoms with van der Waals surface area (Å²) in [6.45, 7) is 9.50. The fourth-order valence-corrected chi connectivity index (χ4v) is 3.22. The second kappa shape index (κ2) is 4.48. The first kappa shape index (κ1) is 14.9. The molecule has 0 aliphatic carbocycles. The van der Waals surface area contributed by atoms with Crippen LogP contribution < -0.4 is 5.32 Å². The lowest BCUT2D eigenvalue weighted by atomic mass is 9.78. The van der Waals surface area contributed by atoms with Gasteiger partial charge in [-0.2, -0.15) is 0 Å². The Balaban J connectivity index is 2.44. The molecular weight excluding hydrogens is 254 g/mol. The summed E-state index contributed by atoms with van der Waals surface area (Å²) >= 11 is 0. The molecule has 1 unspecified atom stereocenters. The molecule has 1 aliphatic rings. The highest BCUT2D eigenvalue weighted by molar-refractivity contribution is 5.85. The van der Waals surface area contributed by atoms with Crippen LogP contribution in [0.4, 0.5) is 5.69 Å². The molecule has 4 nitrogen and oxygen atoms in total. The predicted octanol–water partition coefficient (Wildman–Crippen LogP) is 3.21. The van der Waals surface area contributed by atoms with E-state index in [4.69, 9.17) is 4.74 Å².